The van der Waals surface area contributed by atoms with Crippen LogP contribution in [-0.2, 0) is 24.2 Å². The number of benzene rings is 3. The van der Waals surface area contributed by atoms with Crippen LogP contribution in [0.25, 0.3) is 10.9 Å². The Kier molecular flexibility index (Phi) is 6.14. The van der Waals surface area contributed by atoms with Gasteiger partial charge in [0, 0.05) is 24.0 Å². The van der Waals surface area contributed by atoms with Crippen molar-refractivity contribution in [3.63, 3.8) is 0 Å². The number of carboxylic acid groups (broad SMARTS) is 1. The molecule has 3 aromatic carbocycles. The number of para-hydroxylation sites is 1. The van der Waals surface area contributed by atoms with Crippen LogP contribution < -0.4 is 5.32 Å². The van der Waals surface area contributed by atoms with Crippen molar-refractivity contribution in [2.24, 2.45) is 0 Å². The van der Waals surface area contributed by atoms with Crippen LogP contribution in [0.1, 0.15) is 23.1 Å². The lowest BCUT2D eigenvalue weighted by molar-refractivity contribution is -0.136. The molecule has 0 bridgehead atoms. The van der Waals surface area contributed by atoms with E-state index in [9.17, 15) is 9.90 Å². The zero-order valence-electron chi connectivity index (χ0n) is 16.9. The van der Waals surface area contributed by atoms with Crippen LogP contribution in [0.4, 0.5) is 5.82 Å². The van der Waals surface area contributed by atoms with Crippen LogP contribution in [0.2, 0.25) is 0 Å². The Morgan fingerprint density at radius 1 is 0.833 bits per heavy atom. The average Bonchev–Trinajstić information content (AvgIpc) is 3.05. The summed E-state index contributed by atoms with van der Waals surface area (Å²) in [6.07, 6.45) is 1.97. The van der Waals surface area contributed by atoms with E-state index in [0.717, 1.165) is 41.7 Å². The second-order valence-electron chi connectivity index (χ2n) is 7.50. The first kappa shape index (κ1) is 19.8. The molecule has 0 saturated carbocycles. The highest BCUT2D eigenvalue weighted by atomic mass is 16.4. The van der Waals surface area contributed by atoms with Gasteiger partial charge in [-0.3, -0.25) is 4.79 Å². The van der Waals surface area contributed by atoms with E-state index in [-0.39, 0.29) is 6.42 Å². The molecule has 0 unspecified atom stereocenters. The van der Waals surface area contributed by atoms with E-state index < -0.39 is 5.97 Å². The third-order valence-electron chi connectivity index (χ3n) is 5.36. The number of aryl methyl sites for hydroxylation is 1. The van der Waals surface area contributed by atoms with Crippen molar-refractivity contribution < 1.29 is 9.90 Å². The van der Waals surface area contributed by atoms with E-state index in [1.54, 1.807) is 0 Å². The zero-order valence-corrected chi connectivity index (χ0v) is 16.9. The van der Waals surface area contributed by atoms with Crippen LogP contribution in [-0.4, -0.2) is 22.2 Å². The maximum atomic E-state index is 11.6. The number of aromatic nitrogens is 1. The normalized spacial score (nSPS) is 10.9. The number of carboxylic acids is 1. The molecule has 4 rings (SSSR count). The molecule has 0 spiro atoms. The van der Waals surface area contributed by atoms with Crippen molar-refractivity contribution in [2.75, 3.05) is 11.9 Å². The molecule has 4 heteroatoms. The van der Waals surface area contributed by atoms with Gasteiger partial charge in [0.05, 0.1) is 11.9 Å². The number of carbonyl (C=O) groups is 1. The first-order chi connectivity index (χ1) is 14.7. The fourth-order valence-corrected chi connectivity index (χ4v) is 3.98. The molecule has 0 atom stereocenters. The molecule has 0 amide bonds. The van der Waals surface area contributed by atoms with E-state index in [4.69, 9.17) is 0 Å². The summed E-state index contributed by atoms with van der Waals surface area (Å²) in [6.45, 7) is 1.48. The minimum Gasteiger partial charge on any atom is -0.481 e. The van der Waals surface area contributed by atoms with Crippen LogP contribution in [0, 0.1) is 0 Å². The third-order valence-corrected chi connectivity index (χ3v) is 5.36. The third kappa shape index (κ3) is 4.54. The molecule has 0 fully saturated rings. The number of aliphatic carboxylic acids is 1. The number of nitrogens with one attached hydrogen (secondary N) is 1. The van der Waals surface area contributed by atoms with E-state index in [1.165, 1.54) is 11.1 Å². The van der Waals surface area contributed by atoms with Gasteiger partial charge in [-0.2, -0.15) is 0 Å². The minimum atomic E-state index is -0.815. The highest BCUT2D eigenvalue weighted by Gasteiger charge is 2.19. The molecule has 4 nitrogen and oxygen atoms in total. The Bertz CT molecular complexity index is 1120. The molecule has 30 heavy (non-hydrogen) atoms. The summed E-state index contributed by atoms with van der Waals surface area (Å²) in [7, 11) is 0. The molecule has 0 aliphatic heterocycles. The second kappa shape index (κ2) is 9.31. The first-order valence-corrected chi connectivity index (χ1v) is 10.4. The van der Waals surface area contributed by atoms with Crippen molar-refractivity contribution in [3.05, 3.63) is 102 Å². The van der Waals surface area contributed by atoms with E-state index in [1.807, 2.05) is 42.5 Å². The van der Waals surface area contributed by atoms with Crippen molar-refractivity contribution in [1.29, 1.82) is 0 Å². The van der Waals surface area contributed by atoms with Crippen LogP contribution in [0.5, 0.6) is 0 Å². The zero-order chi connectivity index (χ0) is 20.8. The van der Waals surface area contributed by atoms with Crippen LogP contribution in [0.15, 0.2) is 84.9 Å². The monoisotopic (exact) mass is 398 g/mol. The lowest BCUT2D eigenvalue weighted by atomic mass is 10.1. The molecule has 1 aromatic heterocycles. The number of rotatable bonds is 9. The molecular weight excluding hydrogens is 372 g/mol. The molecule has 0 aliphatic carbocycles. The maximum absolute atomic E-state index is 11.6. The Balaban J connectivity index is 1.64. The number of anilines is 1. The number of fused-ring (bicyclic) bond motifs is 1. The molecule has 0 saturated heterocycles. The van der Waals surface area contributed by atoms with Crippen molar-refractivity contribution in [1.82, 2.24) is 4.57 Å². The SMILES string of the molecule is O=C(O)Cc1c(NCCCc2ccccc2)n(Cc2ccccc2)c2ccccc12. The van der Waals surface area contributed by atoms with Crippen LogP contribution >= 0.6 is 0 Å². The van der Waals surface area contributed by atoms with Gasteiger partial charge in [0.25, 0.3) is 0 Å². The Morgan fingerprint density at radius 2 is 1.47 bits per heavy atom. The Labute approximate surface area is 176 Å². The standard InChI is InChI=1S/C26H26N2O2/c29-25(30)18-23-22-15-7-8-16-24(22)28(19-21-12-5-2-6-13-21)26(23)27-17-9-14-20-10-3-1-4-11-20/h1-8,10-13,15-16,27H,9,14,17-19H2,(H,29,30). The molecule has 0 radical (unpaired) electrons. The Morgan fingerprint density at radius 3 is 2.17 bits per heavy atom. The van der Waals surface area contributed by atoms with Gasteiger partial charge in [0.1, 0.15) is 5.82 Å². The topological polar surface area (TPSA) is 54.3 Å². The highest BCUT2D eigenvalue weighted by molar-refractivity contribution is 5.93. The van der Waals surface area contributed by atoms with Gasteiger partial charge in [-0.05, 0) is 30.0 Å². The maximum Gasteiger partial charge on any atom is 0.307 e. The van der Waals surface area contributed by atoms with E-state index in [0.29, 0.717) is 6.54 Å². The molecule has 0 aliphatic rings. The van der Waals surface area contributed by atoms with Gasteiger partial charge in [0.2, 0.25) is 0 Å². The molecule has 4 aromatic rings. The summed E-state index contributed by atoms with van der Waals surface area (Å²) in [4.78, 5) is 11.6. The summed E-state index contributed by atoms with van der Waals surface area (Å²) < 4.78 is 2.21. The minimum absolute atomic E-state index is 0.00330. The highest BCUT2D eigenvalue weighted by Crippen LogP contribution is 2.32. The van der Waals surface area contributed by atoms with Crippen molar-refractivity contribution in [3.8, 4) is 0 Å². The lowest BCUT2D eigenvalue weighted by Crippen LogP contribution is -2.12. The van der Waals surface area contributed by atoms with Gasteiger partial charge in [-0.15, -0.1) is 0 Å². The summed E-state index contributed by atoms with van der Waals surface area (Å²) in [6, 6.07) is 28.8. The van der Waals surface area contributed by atoms with Gasteiger partial charge in [-0.1, -0.05) is 78.9 Å². The molecule has 1 heterocycles. The van der Waals surface area contributed by atoms with Crippen molar-refractivity contribution >= 4 is 22.7 Å². The number of nitrogens with zero attached hydrogens (tertiary/aromatic N) is 1. The van der Waals surface area contributed by atoms with Gasteiger partial charge in [0.15, 0.2) is 0 Å². The summed E-state index contributed by atoms with van der Waals surface area (Å²) in [5, 5.41) is 14.1. The van der Waals surface area contributed by atoms with E-state index >= 15 is 0 Å². The quantitative estimate of drug-likeness (QED) is 0.373. The van der Waals surface area contributed by atoms with E-state index in [2.05, 4.69) is 52.3 Å². The predicted molar refractivity (Wildman–Crippen MR) is 122 cm³/mol. The fraction of sp³-hybridized carbons (Fsp3) is 0.192. The molecule has 152 valence electrons. The summed E-state index contributed by atoms with van der Waals surface area (Å²) in [5.41, 5.74) is 4.42. The largest absolute Gasteiger partial charge is 0.481 e. The van der Waals surface area contributed by atoms with Gasteiger partial charge < -0.3 is 15.0 Å². The lowest BCUT2D eigenvalue weighted by Gasteiger charge is -2.14. The average molecular weight is 399 g/mol. The molecular formula is C26H26N2O2. The number of hydrogen-bond acceptors (Lipinski definition) is 2. The summed E-state index contributed by atoms with van der Waals surface area (Å²) in [5.74, 6) is 0.0977. The second-order valence-corrected chi connectivity index (χ2v) is 7.50. The number of hydrogen-bond donors (Lipinski definition) is 2. The van der Waals surface area contributed by atoms with Crippen LogP contribution in [0.3, 0.4) is 0 Å². The van der Waals surface area contributed by atoms with Gasteiger partial charge >= 0.3 is 5.97 Å². The smallest absolute Gasteiger partial charge is 0.307 e. The van der Waals surface area contributed by atoms with Gasteiger partial charge in [-0.25, -0.2) is 0 Å². The first-order valence-electron chi connectivity index (χ1n) is 10.4. The Hall–Kier alpha value is -3.53. The predicted octanol–water partition coefficient (Wildman–Crippen LogP) is 5.36. The molecule has 2 N–H and O–H groups in total. The fourth-order valence-electron chi connectivity index (χ4n) is 3.98. The summed E-state index contributed by atoms with van der Waals surface area (Å²) >= 11 is 0. The van der Waals surface area contributed by atoms with Crippen molar-refractivity contribution in [2.45, 2.75) is 25.8 Å².